The summed E-state index contributed by atoms with van der Waals surface area (Å²) in [6.45, 7) is 7.67. The molecule has 104 valence electrons. The number of hydrogen-bond donors (Lipinski definition) is 2. The molecule has 0 aliphatic carbocycles. The zero-order chi connectivity index (χ0) is 13.8. The van der Waals surface area contributed by atoms with Crippen LogP contribution in [0.2, 0.25) is 0 Å². The number of likely N-dealkylation sites (tertiary alicyclic amines) is 1. The zero-order valence-corrected chi connectivity index (χ0v) is 12.3. The minimum atomic E-state index is 0.283. The van der Waals surface area contributed by atoms with Crippen molar-refractivity contribution in [2.45, 2.75) is 26.3 Å². The standard InChI is InChI=1S/C13H21N5S/c1-9(2)18-6-3-10(8-18)7-17-13-11(12(14)19)15-4-5-16-13/h4-5,9-10H,3,6-8H2,1-2H3,(H2,14,19)(H,16,17). The summed E-state index contributed by atoms with van der Waals surface area (Å²) in [5.41, 5.74) is 6.22. The van der Waals surface area contributed by atoms with Gasteiger partial charge in [-0.1, -0.05) is 12.2 Å². The van der Waals surface area contributed by atoms with Gasteiger partial charge >= 0.3 is 0 Å². The van der Waals surface area contributed by atoms with E-state index in [-0.39, 0.29) is 4.99 Å². The maximum Gasteiger partial charge on any atom is 0.155 e. The van der Waals surface area contributed by atoms with Gasteiger partial charge in [0.25, 0.3) is 0 Å². The van der Waals surface area contributed by atoms with Crippen LogP contribution in [0.25, 0.3) is 0 Å². The Labute approximate surface area is 119 Å². The number of nitrogens with one attached hydrogen (secondary N) is 1. The van der Waals surface area contributed by atoms with E-state index in [4.69, 9.17) is 18.0 Å². The Morgan fingerprint density at radius 2 is 2.26 bits per heavy atom. The smallest absolute Gasteiger partial charge is 0.155 e. The van der Waals surface area contributed by atoms with Crippen molar-refractivity contribution in [2.24, 2.45) is 11.7 Å². The summed E-state index contributed by atoms with van der Waals surface area (Å²) in [6, 6.07) is 0.619. The first-order valence-electron chi connectivity index (χ1n) is 6.66. The topological polar surface area (TPSA) is 67.1 Å². The molecule has 0 spiro atoms. The van der Waals surface area contributed by atoms with Gasteiger partial charge in [-0.05, 0) is 32.7 Å². The van der Waals surface area contributed by atoms with E-state index >= 15 is 0 Å². The summed E-state index contributed by atoms with van der Waals surface area (Å²) in [4.78, 5) is 11.2. The molecule has 0 amide bonds. The van der Waals surface area contributed by atoms with Crippen molar-refractivity contribution in [3.05, 3.63) is 18.1 Å². The van der Waals surface area contributed by atoms with Crippen LogP contribution in [0.1, 0.15) is 26.0 Å². The van der Waals surface area contributed by atoms with Crippen molar-refractivity contribution in [2.75, 3.05) is 25.0 Å². The highest BCUT2D eigenvalue weighted by molar-refractivity contribution is 7.80. The number of rotatable bonds is 5. The van der Waals surface area contributed by atoms with Gasteiger partial charge in [-0.3, -0.25) is 0 Å². The Hall–Kier alpha value is -1.27. The molecule has 1 aliphatic heterocycles. The lowest BCUT2D eigenvalue weighted by molar-refractivity contribution is 0.266. The first-order chi connectivity index (χ1) is 9.08. The van der Waals surface area contributed by atoms with E-state index in [0.29, 0.717) is 23.5 Å². The molecule has 1 aromatic rings. The lowest BCUT2D eigenvalue weighted by atomic mass is 10.1. The summed E-state index contributed by atoms with van der Waals surface area (Å²) in [5, 5.41) is 3.33. The fraction of sp³-hybridized carbons (Fsp3) is 0.615. The van der Waals surface area contributed by atoms with Gasteiger partial charge in [0, 0.05) is 31.5 Å². The monoisotopic (exact) mass is 279 g/mol. The van der Waals surface area contributed by atoms with Crippen molar-refractivity contribution in [1.82, 2.24) is 14.9 Å². The molecule has 0 aromatic carbocycles. The van der Waals surface area contributed by atoms with Gasteiger partial charge in [-0.15, -0.1) is 0 Å². The average molecular weight is 279 g/mol. The molecule has 2 heterocycles. The summed E-state index contributed by atoms with van der Waals surface area (Å²) >= 11 is 4.98. The van der Waals surface area contributed by atoms with E-state index in [1.54, 1.807) is 12.4 Å². The predicted molar refractivity (Wildman–Crippen MR) is 81.2 cm³/mol. The van der Waals surface area contributed by atoms with Gasteiger partial charge < -0.3 is 16.0 Å². The number of hydrogen-bond acceptors (Lipinski definition) is 5. The molecule has 0 bridgehead atoms. The number of aromatic nitrogens is 2. The van der Waals surface area contributed by atoms with Crippen LogP contribution < -0.4 is 11.1 Å². The van der Waals surface area contributed by atoms with Gasteiger partial charge in [0.05, 0.1) is 0 Å². The van der Waals surface area contributed by atoms with E-state index in [1.165, 1.54) is 13.0 Å². The predicted octanol–water partition coefficient (Wildman–Crippen LogP) is 1.25. The molecule has 1 atom stereocenters. The molecule has 1 aliphatic rings. The SMILES string of the molecule is CC(C)N1CCC(CNc2nccnc2C(N)=S)C1. The van der Waals surface area contributed by atoms with Gasteiger partial charge in [0.1, 0.15) is 10.7 Å². The third-order valence-corrected chi connectivity index (χ3v) is 3.73. The highest BCUT2D eigenvalue weighted by atomic mass is 32.1. The van der Waals surface area contributed by atoms with Crippen LogP contribution in [-0.4, -0.2) is 45.5 Å². The van der Waals surface area contributed by atoms with E-state index in [1.807, 2.05) is 0 Å². The molecule has 3 N–H and O–H groups in total. The molecule has 1 unspecified atom stereocenters. The van der Waals surface area contributed by atoms with Crippen LogP contribution in [-0.2, 0) is 0 Å². The molecule has 1 aromatic heterocycles. The summed E-state index contributed by atoms with van der Waals surface area (Å²) in [7, 11) is 0. The Kier molecular flexibility index (Phi) is 4.66. The fourth-order valence-electron chi connectivity index (χ4n) is 2.39. The van der Waals surface area contributed by atoms with Crippen molar-refractivity contribution < 1.29 is 0 Å². The summed E-state index contributed by atoms with van der Waals surface area (Å²) in [6.07, 6.45) is 4.47. The number of nitrogens with zero attached hydrogens (tertiary/aromatic N) is 3. The lowest BCUT2D eigenvalue weighted by Gasteiger charge is -2.20. The third kappa shape index (κ3) is 3.61. The minimum absolute atomic E-state index is 0.283. The van der Waals surface area contributed by atoms with Crippen molar-refractivity contribution in [3.8, 4) is 0 Å². The second-order valence-corrected chi connectivity index (χ2v) is 5.68. The molecule has 1 fully saturated rings. The Balaban J connectivity index is 1.91. The number of anilines is 1. The van der Waals surface area contributed by atoms with Crippen molar-refractivity contribution in [3.63, 3.8) is 0 Å². The third-order valence-electron chi connectivity index (χ3n) is 3.54. The second-order valence-electron chi connectivity index (χ2n) is 5.24. The van der Waals surface area contributed by atoms with Crippen molar-refractivity contribution >= 4 is 23.0 Å². The molecule has 5 nitrogen and oxygen atoms in total. The Morgan fingerprint density at radius 3 is 2.89 bits per heavy atom. The molecule has 2 rings (SSSR count). The zero-order valence-electron chi connectivity index (χ0n) is 11.5. The number of thiocarbonyl (C=S) groups is 1. The molecule has 0 saturated carbocycles. The van der Waals surface area contributed by atoms with Gasteiger partial charge in [0.15, 0.2) is 5.82 Å². The van der Waals surface area contributed by atoms with Crippen molar-refractivity contribution in [1.29, 1.82) is 0 Å². The maximum absolute atomic E-state index is 5.64. The fourth-order valence-corrected chi connectivity index (χ4v) is 2.54. The van der Waals surface area contributed by atoms with Gasteiger partial charge in [-0.25, -0.2) is 9.97 Å². The van der Waals surface area contributed by atoms with Crippen LogP contribution in [0.3, 0.4) is 0 Å². The highest BCUT2D eigenvalue weighted by Gasteiger charge is 2.24. The Bertz CT molecular complexity index is 448. The van der Waals surface area contributed by atoms with E-state index in [9.17, 15) is 0 Å². The quantitative estimate of drug-likeness (QED) is 0.791. The molecule has 1 saturated heterocycles. The minimum Gasteiger partial charge on any atom is -0.388 e. The molecular formula is C13H21N5S. The molecular weight excluding hydrogens is 258 g/mol. The summed E-state index contributed by atoms with van der Waals surface area (Å²) < 4.78 is 0. The van der Waals surface area contributed by atoms with Crippen LogP contribution in [0.5, 0.6) is 0 Å². The first-order valence-corrected chi connectivity index (χ1v) is 7.07. The first kappa shape index (κ1) is 14.1. The average Bonchev–Trinajstić information content (AvgIpc) is 2.85. The molecule has 19 heavy (non-hydrogen) atoms. The normalized spacial score (nSPS) is 19.8. The van der Waals surface area contributed by atoms with E-state index in [0.717, 1.165) is 13.1 Å². The van der Waals surface area contributed by atoms with E-state index in [2.05, 4.69) is 34.0 Å². The molecule has 0 radical (unpaired) electrons. The van der Waals surface area contributed by atoms with Gasteiger partial charge in [-0.2, -0.15) is 0 Å². The number of nitrogens with two attached hydrogens (primary N) is 1. The van der Waals surface area contributed by atoms with Crippen LogP contribution in [0.4, 0.5) is 5.82 Å². The van der Waals surface area contributed by atoms with Gasteiger partial charge in [0.2, 0.25) is 0 Å². The highest BCUT2D eigenvalue weighted by Crippen LogP contribution is 2.19. The summed E-state index contributed by atoms with van der Waals surface area (Å²) in [5.74, 6) is 1.33. The van der Waals surface area contributed by atoms with Crippen LogP contribution in [0, 0.1) is 5.92 Å². The lowest BCUT2D eigenvalue weighted by Crippen LogP contribution is -2.29. The van der Waals surface area contributed by atoms with E-state index < -0.39 is 0 Å². The maximum atomic E-state index is 5.64. The largest absolute Gasteiger partial charge is 0.388 e. The van der Waals surface area contributed by atoms with Crippen LogP contribution >= 0.6 is 12.2 Å². The van der Waals surface area contributed by atoms with Crippen LogP contribution in [0.15, 0.2) is 12.4 Å². The second kappa shape index (κ2) is 6.25. The molecule has 6 heteroatoms. The Morgan fingerprint density at radius 1 is 1.53 bits per heavy atom.